The van der Waals surface area contributed by atoms with Crippen molar-refractivity contribution in [2.75, 3.05) is 20.2 Å². The van der Waals surface area contributed by atoms with E-state index in [0.717, 1.165) is 16.9 Å². The summed E-state index contributed by atoms with van der Waals surface area (Å²) in [6, 6.07) is 11.2. The van der Waals surface area contributed by atoms with E-state index in [9.17, 15) is 4.79 Å². The number of rotatable bonds is 5. The number of aromatic nitrogens is 3. The maximum Gasteiger partial charge on any atom is 0.233 e. The van der Waals surface area contributed by atoms with Gasteiger partial charge in [0, 0.05) is 31.0 Å². The molecule has 0 atom stereocenters. The molecule has 1 fully saturated rings. The maximum absolute atomic E-state index is 12.4. The zero-order valence-corrected chi connectivity index (χ0v) is 14.3. The van der Waals surface area contributed by atoms with Crippen molar-refractivity contribution in [3.63, 3.8) is 0 Å². The highest BCUT2D eigenvalue weighted by atomic mass is 16.5. The first-order chi connectivity index (χ1) is 12.7. The lowest BCUT2D eigenvalue weighted by atomic mass is 9.98. The van der Waals surface area contributed by atoms with E-state index >= 15 is 0 Å². The highest BCUT2D eigenvalue weighted by Gasteiger charge is 2.35. The summed E-state index contributed by atoms with van der Waals surface area (Å²) in [6.45, 7) is 1.20. The van der Waals surface area contributed by atoms with Gasteiger partial charge < -0.3 is 14.2 Å². The maximum atomic E-state index is 12.4. The molecule has 0 unspecified atom stereocenters. The Kier molecular flexibility index (Phi) is 4.35. The lowest BCUT2D eigenvalue weighted by Gasteiger charge is -2.37. The average Bonchev–Trinajstić information content (AvgIpc) is 3.11. The predicted octanol–water partition coefficient (Wildman–Crippen LogP) is 2.31. The van der Waals surface area contributed by atoms with Crippen LogP contribution in [0.5, 0.6) is 5.75 Å². The quantitative estimate of drug-likeness (QED) is 0.702. The van der Waals surface area contributed by atoms with Crippen LogP contribution in [-0.2, 0) is 11.2 Å². The Morgan fingerprint density at radius 3 is 2.85 bits per heavy atom. The SMILES string of the molecule is COc1cccc(CC(=O)N2CC(c3nc(-c4ccncc4)no3)C2)c1. The molecule has 1 aliphatic heterocycles. The molecule has 0 radical (unpaired) electrons. The summed E-state index contributed by atoms with van der Waals surface area (Å²) >= 11 is 0. The van der Waals surface area contributed by atoms with Gasteiger partial charge in [0.2, 0.25) is 17.6 Å². The highest BCUT2D eigenvalue weighted by molar-refractivity contribution is 5.79. The van der Waals surface area contributed by atoms with Crippen LogP contribution in [0.3, 0.4) is 0 Å². The number of hydrogen-bond acceptors (Lipinski definition) is 6. The Bertz CT molecular complexity index is 904. The molecule has 1 amide bonds. The van der Waals surface area contributed by atoms with E-state index in [0.29, 0.717) is 31.2 Å². The van der Waals surface area contributed by atoms with Gasteiger partial charge in [-0.2, -0.15) is 4.98 Å². The second kappa shape index (κ2) is 6.95. The van der Waals surface area contributed by atoms with Crippen LogP contribution in [-0.4, -0.2) is 46.1 Å². The Morgan fingerprint density at radius 1 is 1.27 bits per heavy atom. The molecule has 0 bridgehead atoms. The standard InChI is InChI=1S/C19H18N4O3/c1-25-16-4-2-3-13(9-16)10-17(24)23-11-15(12-23)19-21-18(22-26-19)14-5-7-20-8-6-14/h2-9,15H,10-12H2,1H3. The average molecular weight is 350 g/mol. The van der Waals surface area contributed by atoms with E-state index in [2.05, 4.69) is 15.1 Å². The van der Waals surface area contributed by atoms with E-state index < -0.39 is 0 Å². The van der Waals surface area contributed by atoms with Crippen LogP contribution >= 0.6 is 0 Å². The topological polar surface area (TPSA) is 81.4 Å². The van der Waals surface area contributed by atoms with Crippen molar-refractivity contribution in [3.05, 3.63) is 60.2 Å². The second-order valence-corrected chi connectivity index (χ2v) is 6.22. The molecule has 0 spiro atoms. The summed E-state index contributed by atoms with van der Waals surface area (Å²) in [6.07, 6.45) is 3.73. The van der Waals surface area contributed by atoms with Gasteiger partial charge in [-0.25, -0.2) is 0 Å². The first kappa shape index (κ1) is 16.3. The van der Waals surface area contributed by atoms with E-state index in [1.54, 1.807) is 24.4 Å². The number of amides is 1. The van der Waals surface area contributed by atoms with Crippen molar-refractivity contribution in [1.29, 1.82) is 0 Å². The van der Waals surface area contributed by atoms with Crippen molar-refractivity contribution in [3.8, 4) is 17.1 Å². The zero-order chi connectivity index (χ0) is 17.9. The van der Waals surface area contributed by atoms with E-state index in [1.807, 2.05) is 36.4 Å². The van der Waals surface area contributed by atoms with E-state index in [1.165, 1.54) is 0 Å². The number of likely N-dealkylation sites (tertiary alicyclic amines) is 1. The smallest absolute Gasteiger partial charge is 0.233 e. The van der Waals surface area contributed by atoms with Gasteiger partial charge in [-0.3, -0.25) is 9.78 Å². The van der Waals surface area contributed by atoms with Crippen LogP contribution < -0.4 is 4.74 Å². The molecule has 0 saturated carbocycles. The van der Waals surface area contributed by atoms with Crippen LogP contribution in [0, 0.1) is 0 Å². The largest absolute Gasteiger partial charge is 0.497 e. The Hall–Kier alpha value is -3.22. The van der Waals surface area contributed by atoms with E-state index in [-0.39, 0.29) is 11.8 Å². The summed E-state index contributed by atoms with van der Waals surface area (Å²) in [5, 5.41) is 4.01. The molecule has 2 aromatic heterocycles. The lowest BCUT2D eigenvalue weighted by Crippen LogP contribution is -2.49. The Morgan fingerprint density at radius 2 is 2.08 bits per heavy atom. The molecule has 1 aromatic carbocycles. The fourth-order valence-corrected chi connectivity index (χ4v) is 2.93. The molecule has 0 aliphatic carbocycles. The minimum atomic E-state index is 0.0865. The minimum absolute atomic E-state index is 0.0865. The van der Waals surface area contributed by atoms with Crippen LogP contribution in [0.2, 0.25) is 0 Å². The molecule has 1 saturated heterocycles. The van der Waals surface area contributed by atoms with Crippen LogP contribution in [0.1, 0.15) is 17.4 Å². The van der Waals surface area contributed by atoms with Gasteiger partial charge >= 0.3 is 0 Å². The summed E-state index contributed by atoms with van der Waals surface area (Å²) in [5.74, 6) is 2.05. The number of pyridine rings is 1. The summed E-state index contributed by atoms with van der Waals surface area (Å²) in [5.41, 5.74) is 1.80. The van der Waals surface area contributed by atoms with Crippen molar-refractivity contribution < 1.29 is 14.1 Å². The molecule has 132 valence electrons. The van der Waals surface area contributed by atoms with Gasteiger partial charge in [-0.05, 0) is 29.8 Å². The number of hydrogen-bond donors (Lipinski definition) is 0. The van der Waals surface area contributed by atoms with E-state index in [4.69, 9.17) is 9.26 Å². The number of nitrogens with zero attached hydrogens (tertiary/aromatic N) is 4. The van der Waals surface area contributed by atoms with Gasteiger partial charge in [0.25, 0.3) is 0 Å². The third-order valence-electron chi connectivity index (χ3n) is 4.45. The number of benzene rings is 1. The Balaban J connectivity index is 1.35. The first-order valence-corrected chi connectivity index (χ1v) is 8.37. The van der Waals surface area contributed by atoms with Crippen molar-refractivity contribution in [1.82, 2.24) is 20.0 Å². The lowest BCUT2D eigenvalue weighted by molar-refractivity contribution is -0.135. The second-order valence-electron chi connectivity index (χ2n) is 6.22. The molecule has 3 aromatic rings. The Labute approximate surface area is 150 Å². The predicted molar refractivity (Wildman–Crippen MR) is 93.5 cm³/mol. The summed E-state index contributed by atoms with van der Waals surface area (Å²) in [7, 11) is 1.62. The number of ether oxygens (including phenoxy) is 1. The highest BCUT2D eigenvalue weighted by Crippen LogP contribution is 2.28. The summed E-state index contributed by atoms with van der Waals surface area (Å²) in [4.78, 5) is 22.6. The van der Waals surface area contributed by atoms with Crippen molar-refractivity contribution in [2.24, 2.45) is 0 Å². The third kappa shape index (κ3) is 3.28. The van der Waals surface area contributed by atoms with Crippen molar-refractivity contribution >= 4 is 5.91 Å². The molecular weight excluding hydrogens is 332 g/mol. The molecule has 3 heterocycles. The van der Waals surface area contributed by atoms with Crippen molar-refractivity contribution in [2.45, 2.75) is 12.3 Å². The first-order valence-electron chi connectivity index (χ1n) is 8.37. The number of methoxy groups -OCH3 is 1. The molecule has 0 N–H and O–H groups in total. The van der Waals surface area contributed by atoms with Crippen LogP contribution in [0.15, 0.2) is 53.3 Å². The molecule has 7 nitrogen and oxygen atoms in total. The molecule has 7 heteroatoms. The third-order valence-corrected chi connectivity index (χ3v) is 4.45. The summed E-state index contributed by atoms with van der Waals surface area (Å²) < 4.78 is 10.6. The molecule has 26 heavy (non-hydrogen) atoms. The molecular formula is C19H18N4O3. The fraction of sp³-hybridized carbons (Fsp3) is 0.263. The normalized spacial score (nSPS) is 14.1. The van der Waals surface area contributed by atoms with Gasteiger partial charge in [-0.15, -0.1) is 0 Å². The van der Waals surface area contributed by atoms with Gasteiger partial charge in [0.15, 0.2) is 0 Å². The zero-order valence-electron chi connectivity index (χ0n) is 14.3. The van der Waals surface area contributed by atoms with Crippen LogP contribution in [0.25, 0.3) is 11.4 Å². The molecule has 4 rings (SSSR count). The van der Waals surface area contributed by atoms with Gasteiger partial charge in [0.1, 0.15) is 5.75 Å². The number of carbonyl (C=O) groups excluding carboxylic acids is 1. The monoisotopic (exact) mass is 350 g/mol. The van der Waals surface area contributed by atoms with Gasteiger partial charge in [0.05, 0.1) is 19.4 Å². The van der Waals surface area contributed by atoms with Gasteiger partial charge in [-0.1, -0.05) is 17.3 Å². The minimum Gasteiger partial charge on any atom is -0.497 e. The molecule has 1 aliphatic rings. The van der Waals surface area contributed by atoms with Crippen LogP contribution in [0.4, 0.5) is 0 Å². The number of carbonyl (C=O) groups is 1. The fourth-order valence-electron chi connectivity index (χ4n) is 2.93.